The van der Waals surface area contributed by atoms with Crippen molar-refractivity contribution in [2.45, 2.75) is 59.7 Å². The number of carbonyl (C=O) groups excluding carboxylic acids is 1. The molecule has 33 heavy (non-hydrogen) atoms. The number of benzene rings is 2. The van der Waals surface area contributed by atoms with Crippen LogP contribution < -0.4 is 16.6 Å². The summed E-state index contributed by atoms with van der Waals surface area (Å²) in [6.07, 6.45) is 0.800. The molecule has 1 amide bonds. The van der Waals surface area contributed by atoms with Crippen LogP contribution in [0.5, 0.6) is 0 Å². The fourth-order valence-electron chi connectivity index (χ4n) is 3.87. The highest BCUT2D eigenvalue weighted by Crippen LogP contribution is 2.17. The second-order valence-electron chi connectivity index (χ2n) is 8.84. The maximum atomic E-state index is 13.5. The molecule has 0 aliphatic rings. The molecule has 0 aliphatic heterocycles. The van der Waals surface area contributed by atoms with Gasteiger partial charge < -0.3 is 5.32 Å². The van der Waals surface area contributed by atoms with Crippen LogP contribution in [-0.4, -0.2) is 30.7 Å². The van der Waals surface area contributed by atoms with Gasteiger partial charge >= 0.3 is 5.69 Å². The van der Waals surface area contributed by atoms with Crippen molar-refractivity contribution in [3.63, 3.8) is 0 Å². The highest BCUT2D eigenvalue weighted by molar-refractivity contribution is 5.98. The number of nitrogens with one attached hydrogen (secondary N) is 1. The summed E-state index contributed by atoms with van der Waals surface area (Å²) < 4.78 is 4.32. The monoisotopic (exact) mass is 447 g/mol. The molecule has 2 aromatic carbocycles. The molecule has 0 bridgehead atoms. The summed E-state index contributed by atoms with van der Waals surface area (Å²) in [5.41, 5.74) is 2.23. The van der Waals surface area contributed by atoms with E-state index >= 15 is 0 Å². The minimum atomic E-state index is -0.357. The van der Waals surface area contributed by atoms with Gasteiger partial charge in [-0.15, -0.1) is 5.10 Å². The molecule has 1 atom stereocenters. The Hall–Kier alpha value is -3.68. The first kappa shape index (κ1) is 22.5. The van der Waals surface area contributed by atoms with Crippen molar-refractivity contribution in [3.05, 3.63) is 80.0 Å². The SMILES string of the molecule is CCC(C)NC(=O)c1ccc2c(=O)n(C(C)C)c3nn(Cc4ccc(C)cc4)c(=O)n3c2c1. The molecular formula is C25H29N5O3. The Bertz CT molecular complexity index is 1460. The van der Waals surface area contributed by atoms with Gasteiger partial charge in [0.2, 0.25) is 5.78 Å². The molecule has 0 aliphatic carbocycles. The van der Waals surface area contributed by atoms with Gasteiger partial charge in [-0.1, -0.05) is 36.8 Å². The van der Waals surface area contributed by atoms with Crippen LogP contribution in [0.4, 0.5) is 0 Å². The molecule has 8 heteroatoms. The first-order valence-electron chi connectivity index (χ1n) is 11.3. The zero-order valence-electron chi connectivity index (χ0n) is 19.6. The number of hydrogen-bond acceptors (Lipinski definition) is 4. The second kappa shape index (κ2) is 8.69. The van der Waals surface area contributed by atoms with E-state index in [0.29, 0.717) is 16.5 Å². The van der Waals surface area contributed by atoms with E-state index in [2.05, 4.69) is 10.4 Å². The Kier molecular flexibility index (Phi) is 5.93. The molecule has 0 fully saturated rings. The summed E-state index contributed by atoms with van der Waals surface area (Å²) in [6, 6.07) is 12.5. The molecule has 8 nitrogen and oxygen atoms in total. The van der Waals surface area contributed by atoms with Gasteiger partial charge in [-0.05, 0) is 57.9 Å². The summed E-state index contributed by atoms with van der Waals surface area (Å²) in [5, 5.41) is 7.83. The normalized spacial score (nSPS) is 12.5. The van der Waals surface area contributed by atoms with E-state index in [0.717, 1.165) is 17.5 Å². The number of aromatic nitrogens is 4. The average Bonchev–Trinajstić information content (AvgIpc) is 3.10. The van der Waals surface area contributed by atoms with Gasteiger partial charge in [0.1, 0.15) is 0 Å². The average molecular weight is 448 g/mol. The van der Waals surface area contributed by atoms with Gasteiger partial charge in [-0.3, -0.25) is 14.2 Å². The Morgan fingerprint density at radius 2 is 1.76 bits per heavy atom. The fourth-order valence-corrected chi connectivity index (χ4v) is 3.87. The van der Waals surface area contributed by atoms with Crippen LogP contribution in [0, 0.1) is 6.92 Å². The first-order valence-corrected chi connectivity index (χ1v) is 11.3. The quantitative estimate of drug-likeness (QED) is 0.491. The van der Waals surface area contributed by atoms with Gasteiger partial charge in [0, 0.05) is 17.6 Å². The van der Waals surface area contributed by atoms with Crippen LogP contribution in [0.2, 0.25) is 0 Å². The molecular weight excluding hydrogens is 418 g/mol. The van der Waals surface area contributed by atoms with E-state index in [-0.39, 0.29) is 41.6 Å². The lowest BCUT2D eigenvalue weighted by Gasteiger charge is -2.14. The van der Waals surface area contributed by atoms with Gasteiger partial charge in [-0.2, -0.15) is 0 Å². The highest BCUT2D eigenvalue weighted by Gasteiger charge is 2.20. The van der Waals surface area contributed by atoms with Crippen LogP contribution in [0.1, 0.15) is 61.6 Å². The Labute approximate surface area is 191 Å². The molecule has 0 saturated carbocycles. The van der Waals surface area contributed by atoms with Crippen LogP contribution in [0.15, 0.2) is 52.1 Å². The number of fused-ring (bicyclic) bond motifs is 3. The lowest BCUT2D eigenvalue weighted by molar-refractivity contribution is 0.0939. The van der Waals surface area contributed by atoms with E-state index in [1.165, 1.54) is 13.6 Å². The molecule has 0 spiro atoms. The minimum Gasteiger partial charge on any atom is -0.350 e. The first-order chi connectivity index (χ1) is 15.7. The van der Waals surface area contributed by atoms with E-state index in [1.807, 2.05) is 58.9 Å². The summed E-state index contributed by atoms with van der Waals surface area (Å²) in [4.78, 5) is 39.5. The lowest BCUT2D eigenvalue weighted by atomic mass is 10.1. The third-order valence-corrected chi connectivity index (χ3v) is 5.95. The Balaban J connectivity index is 1.95. The molecule has 4 aromatic rings. The number of hydrogen-bond donors (Lipinski definition) is 1. The molecule has 0 saturated heterocycles. The molecule has 1 unspecified atom stereocenters. The number of rotatable bonds is 6. The van der Waals surface area contributed by atoms with Gasteiger partial charge in [-0.25, -0.2) is 13.9 Å². The van der Waals surface area contributed by atoms with Crippen molar-refractivity contribution in [1.82, 2.24) is 24.1 Å². The fraction of sp³-hybridized carbons (Fsp3) is 0.360. The molecule has 2 heterocycles. The second-order valence-corrected chi connectivity index (χ2v) is 8.84. The zero-order chi connectivity index (χ0) is 23.9. The zero-order valence-corrected chi connectivity index (χ0v) is 19.6. The van der Waals surface area contributed by atoms with Crippen LogP contribution in [0.25, 0.3) is 16.7 Å². The van der Waals surface area contributed by atoms with E-state index in [4.69, 9.17) is 0 Å². The van der Waals surface area contributed by atoms with Crippen molar-refractivity contribution in [3.8, 4) is 0 Å². The van der Waals surface area contributed by atoms with Crippen molar-refractivity contribution < 1.29 is 4.79 Å². The minimum absolute atomic E-state index is 0.0159. The van der Waals surface area contributed by atoms with Crippen LogP contribution >= 0.6 is 0 Å². The number of amides is 1. The molecule has 1 N–H and O–H groups in total. The topological polar surface area (TPSA) is 90.4 Å². The van der Waals surface area contributed by atoms with Gasteiger partial charge in [0.25, 0.3) is 11.5 Å². The predicted octanol–water partition coefficient (Wildman–Crippen LogP) is 3.28. The van der Waals surface area contributed by atoms with Gasteiger partial charge in [0.15, 0.2) is 0 Å². The summed E-state index contributed by atoms with van der Waals surface area (Å²) in [6.45, 7) is 9.96. The lowest BCUT2D eigenvalue weighted by Crippen LogP contribution is -2.32. The van der Waals surface area contributed by atoms with Crippen LogP contribution in [-0.2, 0) is 6.54 Å². The van der Waals surface area contributed by atoms with Gasteiger partial charge in [0.05, 0.1) is 17.4 Å². The molecule has 0 radical (unpaired) electrons. The maximum Gasteiger partial charge on any atom is 0.352 e. The number of carbonyl (C=O) groups is 1. The third-order valence-electron chi connectivity index (χ3n) is 5.95. The summed E-state index contributed by atoms with van der Waals surface area (Å²) in [7, 11) is 0. The Morgan fingerprint density at radius 1 is 1.06 bits per heavy atom. The van der Waals surface area contributed by atoms with Crippen molar-refractivity contribution in [1.29, 1.82) is 0 Å². The summed E-state index contributed by atoms with van der Waals surface area (Å²) in [5.74, 6) is 0.0200. The summed E-state index contributed by atoms with van der Waals surface area (Å²) >= 11 is 0. The molecule has 172 valence electrons. The van der Waals surface area contributed by atoms with Crippen molar-refractivity contribution in [2.75, 3.05) is 0 Å². The molecule has 4 rings (SSSR count). The Morgan fingerprint density at radius 3 is 2.39 bits per heavy atom. The van der Waals surface area contributed by atoms with E-state index in [1.54, 1.807) is 18.2 Å². The van der Waals surface area contributed by atoms with Crippen molar-refractivity contribution in [2.24, 2.45) is 0 Å². The predicted molar refractivity (Wildman–Crippen MR) is 129 cm³/mol. The maximum absolute atomic E-state index is 13.5. The smallest absolute Gasteiger partial charge is 0.350 e. The largest absolute Gasteiger partial charge is 0.352 e. The third kappa shape index (κ3) is 4.08. The van der Waals surface area contributed by atoms with E-state index < -0.39 is 0 Å². The standard InChI is InChI=1S/C25H29N5O3/c1-6-17(5)26-22(31)19-11-12-20-21(13-19)30-24(29(15(2)3)23(20)32)27-28(25(30)33)14-18-9-7-16(4)8-10-18/h7-13,15,17H,6,14H2,1-5H3,(H,26,31). The highest BCUT2D eigenvalue weighted by atomic mass is 16.2. The van der Waals surface area contributed by atoms with Crippen LogP contribution in [0.3, 0.4) is 0 Å². The van der Waals surface area contributed by atoms with E-state index in [9.17, 15) is 14.4 Å². The number of aryl methyl sites for hydroxylation is 1. The van der Waals surface area contributed by atoms with Crippen molar-refractivity contribution >= 4 is 22.6 Å². The number of nitrogens with zero attached hydrogens (tertiary/aromatic N) is 4. The molecule has 2 aromatic heterocycles.